The molecule has 0 fully saturated rings. The van der Waals surface area contributed by atoms with Crippen molar-refractivity contribution in [2.75, 3.05) is 0 Å². The molecule has 0 spiro atoms. The van der Waals surface area contributed by atoms with Crippen LogP contribution >= 0.6 is 15.9 Å². The number of aromatic nitrogens is 16. The molecule has 0 bridgehead atoms. The van der Waals surface area contributed by atoms with E-state index in [1.54, 1.807) is 77.3 Å². The molecule has 0 aliphatic carbocycles. The fraction of sp³-hybridized carbons (Fsp3) is 0.0909. The van der Waals surface area contributed by atoms with E-state index in [1.807, 2.05) is 144 Å². The van der Waals surface area contributed by atoms with Gasteiger partial charge in [-0.3, -0.25) is 74.5 Å². The van der Waals surface area contributed by atoms with Gasteiger partial charge in [-0.25, -0.2) is 23.7 Å². The SMILES string of the molecule is Cc1ccc(-n2[nH]c3c(cnc4cc(Br)ncc43)c2=O)cc1.Cc1ccc(-n2[nH]c3c(cnc4cc(C)ncc43)c2=O)cc1.Cc1cccc(-n2[nH]c3c(cnc4cc(C)ncc43)c2=O)c1.O=c1c2cnc3cc(CO)ccc3c2[nH]n1-c1ccncc1. The van der Waals surface area contributed by atoms with Crippen molar-refractivity contribution in [3.05, 3.63) is 257 Å². The number of aliphatic hydroxyl groups excluding tert-OH is 1. The van der Waals surface area contributed by atoms with Crippen molar-refractivity contribution in [3.8, 4) is 22.7 Å². The van der Waals surface area contributed by atoms with Crippen molar-refractivity contribution in [2.24, 2.45) is 0 Å². The molecular weight excluding hydrogens is 1180 g/mol. The van der Waals surface area contributed by atoms with E-state index in [2.05, 4.69) is 76.2 Å². The first-order valence-corrected chi connectivity index (χ1v) is 28.5. The van der Waals surface area contributed by atoms with Crippen LogP contribution in [0, 0.1) is 34.6 Å². The van der Waals surface area contributed by atoms with E-state index < -0.39 is 0 Å². The highest BCUT2D eigenvalue weighted by Crippen LogP contribution is 2.26. The van der Waals surface area contributed by atoms with Gasteiger partial charge in [-0.1, -0.05) is 59.7 Å². The van der Waals surface area contributed by atoms with Crippen molar-refractivity contribution < 1.29 is 5.11 Å². The maximum absolute atomic E-state index is 12.6. The minimum Gasteiger partial charge on any atom is -0.392 e. The zero-order valence-corrected chi connectivity index (χ0v) is 49.4. The maximum Gasteiger partial charge on any atom is 0.280 e. The number of aliphatic hydroxyl groups is 1. The van der Waals surface area contributed by atoms with E-state index in [4.69, 9.17) is 0 Å². The summed E-state index contributed by atoms with van der Waals surface area (Å²) in [6, 6.07) is 38.1. The van der Waals surface area contributed by atoms with Crippen molar-refractivity contribution in [3.63, 3.8) is 0 Å². The lowest BCUT2D eigenvalue weighted by atomic mass is 10.1. The molecule has 0 radical (unpaired) electrons. The molecule has 0 atom stereocenters. The summed E-state index contributed by atoms with van der Waals surface area (Å²) in [5.41, 5.74) is 14.9. The summed E-state index contributed by atoms with van der Waals surface area (Å²) in [6.07, 6.45) is 14.9. The Hall–Kier alpha value is -11.4. The molecule has 0 amide bonds. The van der Waals surface area contributed by atoms with Gasteiger partial charge < -0.3 is 5.11 Å². The summed E-state index contributed by atoms with van der Waals surface area (Å²) < 4.78 is 6.83. The highest BCUT2D eigenvalue weighted by Gasteiger charge is 2.17. The predicted molar refractivity (Wildman–Crippen MR) is 345 cm³/mol. The Bertz CT molecular complexity index is 5450. The Morgan fingerprint density at radius 1 is 0.375 bits per heavy atom. The Balaban J connectivity index is 0.000000108. The lowest BCUT2D eigenvalue weighted by Gasteiger charge is -2.02. The molecule has 4 aromatic carbocycles. The average Bonchev–Trinajstić information content (AvgIpc) is 2.40. The highest BCUT2D eigenvalue weighted by atomic mass is 79.9. The van der Waals surface area contributed by atoms with Crippen LogP contribution in [0.3, 0.4) is 0 Å². The second-order valence-corrected chi connectivity index (χ2v) is 21.9. The van der Waals surface area contributed by atoms with Crippen LogP contribution in [-0.2, 0) is 6.61 Å². The summed E-state index contributed by atoms with van der Waals surface area (Å²) in [7, 11) is 0. The smallest absolute Gasteiger partial charge is 0.280 e. The third-order valence-corrected chi connectivity index (χ3v) is 15.4. The monoisotopic (exact) mass is 1230 g/mol. The first kappa shape index (κ1) is 55.8. The van der Waals surface area contributed by atoms with Gasteiger partial charge in [-0.2, -0.15) is 0 Å². The fourth-order valence-corrected chi connectivity index (χ4v) is 10.7. The molecule has 0 aliphatic rings. The molecule has 0 aliphatic heterocycles. The Kier molecular flexibility index (Phi) is 14.5. The van der Waals surface area contributed by atoms with Gasteiger partial charge in [0.25, 0.3) is 22.2 Å². The number of nitrogens with one attached hydrogen (secondary N) is 4. The number of rotatable bonds is 5. The lowest BCUT2D eigenvalue weighted by molar-refractivity contribution is 0.282. The Morgan fingerprint density at radius 3 is 1.20 bits per heavy atom. The van der Waals surface area contributed by atoms with Crippen LogP contribution in [-0.4, -0.2) is 84.1 Å². The summed E-state index contributed by atoms with van der Waals surface area (Å²) >= 11 is 3.33. The van der Waals surface area contributed by atoms with Gasteiger partial charge in [-0.15, -0.1) is 0 Å². The molecule has 0 saturated carbocycles. The number of hydrogen-bond donors (Lipinski definition) is 5. The number of halogens is 1. The van der Waals surface area contributed by atoms with Crippen molar-refractivity contribution in [1.82, 2.24) is 79.0 Å². The van der Waals surface area contributed by atoms with Crippen molar-refractivity contribution in [1.29, 1.82) is 0 Å². The molecule has 0 saturated heterocycles. The van der Waals surface area contributed by atoms with Crippen LogP contribution < -0.4 is 22.2 Å². The van der Waals surface area contributed by atoms with E-state index in [0.717, 1.165) is 122 Å². The fourth-order valence-electron chi connectivity index (χ4n) is 10.4. The van der Waals surface area contributed by atoms with Crippen LogP contribution in [0.5, 0.6) is 0 Å². The molecule has 12 aromatic heterocycles. The van der Waals surface area contributed by atoms with Gasteiger partial charge in [0, 0.05) is 88.7 Å². The number of nitrogens with zero attached hydrogens (tertiary/aromatic N) is 12. The molecule has 88 heavy (non-hydrogen) atoms. The first-order valence-electron chi connectivity index (χ1n) is 27.7. The van der Waals surface area contributed by atoms with E-state index in [1.165, 1.54) is 9.36 Å². The first-order chi connectivity index (χ1) is 42.7. The van der Waals surface area contributed by atoms with Crippen molar-refractivity contribution in [2.45, 2.75) is 41.2 Å². The van der Waals surface area contributed by atoms with E-state index in [9.17, 15) is 24.3 Å². The molecule has 16 rings (SSSR count). The van der Waals surface area contributed by atoms with E-state index in [-0.39, 0.29) is 28.8 Å². The summed E-state index contributed by atoms with van der Waals surface area (Å²) in [5, 5.41) is 27.5. The number of fused-ring (bicyclic) bond motifs is 12. The number of benzene rings is 4. The van der Waals surface area contributed by atoms with E-state index in [0.29, 0.717) is 26.1 Å². The van der Waals surface area contributed by atoms with Crippen LogP contribution in [0.1, 0.15) is 33.6 Å². The molecule has 432 valence electrons. The van der Waals surface area contributed by atoms with Gasteiger partial charge in [-0.05, 0) is 134 Å². The maximum atomic E-state index is 12.6. The number of H-pyrrole nitrogens is 4. The predicted octanol–water partition coefficient (Wildman–Crippen LogP) is 10.8. The quantitative estimate of drug-likeness (QED) is 0.100. The molecular formula is C66H51BrN16O5. The number of pyridine rings is 8. The Labute approximate surface area is 505 Å². The molecule has 22 heteroatoms. The minimum absolute atomic E-state index is 0.0375. The van der Waals surface area contributed by atoms with Gasteiger partial charge in [0.2, 0.25) is 0 Å². The van der Waals surface area contributed by atoms with Gasteiger partial charge in [0.1, 0.15) is 4.60 Å². The third-order valence-electron chi connectivity index (χ3n) is 15.0. The third kappa shape index (κ3) is 10.5. The van der Waals surface area contributed by atoms with Crippen LogP contribution in [0.2, 0.25) is 0 Å². The summed E-state index contributed by atoms with van der Waals surface area (Å²) in [4.78, 5) is 84.6. The zero-order valence-electron chi connectivity index (χ0n) is 47.8. The van der Waals surface area contributed by atoms with Gasteiger partial charge >= 0.3 is 0 Å². The van der Waals surface area contributed by atoms with Crippen molar-refractivity contribution >= 4 is 103 Å². The standard InChI is InChI=1S/2C17H14N4O.C16H11BrN4O.C16H12N4O2/c1-10-3-5-12(6-4-10)21-17(22)14-9-19-15-7-11(2)18-8-13(15)16(14)20-21;1-10-4-3-5-12(6-10)21-17(22)14-9-19-15-7-11(2)18-8-13(15)16(14)20-21;1-9-2-4-10(5-3-9)21-16(22)12-8-18-13-6-14(17)19-7-11(13)15(12)20-21;21-9-10-1-2-12-14(7-10)18-8-13-15(12)19-20(16(13)22)11-3-5-17-6-4-11/h2*3-9,20H,1-2H3;2-8,20H,1H3;1-8,19,21H,9H2. The highest BCUT2D eigenvalue weighted by molar-refractivity contribution is 9.10. The second-order valence-electron chi connectivity index (χ2n) is 21.1. The molecule has 5 N–H and O–H groups in total. The van der Waals surface area contributed by atoms with Crippen LogP contribution in [0.25, 0.3) is 110 Å². The summed E-state index contributed by atoms with van der Waals surface area (Å²) in [6.45, 7) is 9.84. The largest absolute Gasteiger partial charge is 0.392 e. The Morgan fingerprint density at radius 2 is 0.761 bits per heavy atom. The topological polar surface area (TPSA) is 275 Å². The van der Waals surface area contributed by atoms with Crippen LogP contribution in [0.15, 0.2) is 201 Å². The molecule has 12 heterocycles. The average molecular weight is 1230 g/mol. The molecule has 0 unspecified atom stereocenters. The number of aromatic amines is 4. The number of hydrogen-bond acceptors (Lipinski definition) is 13. The van der Waals surface area contributed by atoms with Gasteiger partial charge in [0.15, 0.2) is 0 Å². The van der Waals surface area contributed by atoms with E-state index >= 15 is 0 Å². The van der Waals surface area contributed by atoms with Gasteiger partial charge in [0.05, 0.1) is 95.0 Å². The summed E-state index contributed by atoms with van der Waals surface area (Å²) in [5.74, 6) is 0. The molecule has 21 nitrogen and oxygen atoms in total. The normalized spacial score (nSPS) is 11.4. The molecule has 16 aromatic rings. The van der Waals surface area contributed by atoms with Crippen LogP contribution in [0.4, 0.5) is 0 Å². The minimum atomic E-state index is -0.151. The zero-order chi connectivity index (χ0) is 60.9. The number of aryl methyl sites for hydroxylation is 5. The lowest BCUT2D eigenvalue weighted by Crippen LogP contribution is -2.14. The second kappa shape index (κ2) is 22.9.